The van der Waals surface area contributed by atoms with E-state index in [-0.39, 0.29) is 5.69 Å². The van der Waals surface area contributed by atoms with Gasteiger partial charge in [0, 0.05) is 18.6 Å². The fourth-order valence-corrected chi connectivity index (χ4v) is 1.18. The molecule has 0 fully saturated rings. The smallest absolute Gasteiger partial charge is 0.258 e. The number of benzene rings is 1. The number of halogens is 1. The molecule has 0 spiro atoms. The highest BCUT2D eigenvalue weighted by molar-refractivity contribution is 6.22. The zero-order valence-electron chi connectivity index (χ0n) is 7.18. The highest BCUT2D eigenvalue weighted by Gasteiger charge is 2.07. The number of hydrogen-bond acceptors (Lipinski definition) is 3. The van der Waals surface area contributed by atoms with Crippen molar-refractivity contribution in [2.24, 2.45) is 0 Å². The molecule has 72 valence electrons. The molecule has 0 saturated carbocycles. The number of alkyl halides is 1. The van der Waals surface area contributed by atoms with Crippen LogP contribution in [0.15, 0.2) is 24.3 Å². The Labute approximate surface area is 85.9 Å². The van der Waals surface area contributed by atoms with Gasteiger partial charge in [-0.25, -0.2) is 0 Å². The maximum atomic E-state index is 10.3. The third-order valence-corrected chi connectivity index (χ3v) is 1.95. The summed E-state index contributed by atoms with van der Waals surface area (Å²) in [6, 6.07) is 7.88. The van der Waals surface area contributed by atoms with Crippen LogP contribution in [-0.4, -0.2) is 10.3 Å². The molecular formula is C9H7ClN2O2. The van der Waals surface area contributed by atoms with E-state index < -0.39 is 10.3 Å². The molecule has 0 N–H and O–H groups in total. The highest BCUT2D eigenvalue weighted by atomic mass is 35.5. The summed E-state index contributed by atoms with van der Waals surface area (Å²) in [7, 11) is 0. The normalized spacial score (nSPS) is 11.7. The molecule has 1 aromatic rings. The van der Waals surface area contributed by atoms with Gasteiger partial charge in [0.1, 0.15) is 5.38 Å². The Morgan fingerprint density at radius 1 is 1.50 bits per heavy atom. The summed E-state index contributed by atoms with van der Waals surface area (Å²) in [5.41, 5.74) is 0.856. The number of hydrogen-bond donors (Lipinski definition) is 0. The van der Waals surface area contributed by atoms with Crippen LogP contribution in [0.2, 0.25) is 0 Å². The van der Waals surface area contributed by atoms with Crippen molar-refractivity contribution < 1.29 is 4.92 Å². The minimum Gasteiger partial charge on any atom is -0.258 e. The van der Waals surface area contributed by atoms with Crippen LogP contribution in [0.1, 0.15) is 5.56 Å². The maximum absolute atomic E-state index is 10.3. The maximum Gasteiger partial charge on any atom is 0.269 e. The fourth-order valence-electron chi connectivity index (χ4n) is 1.01. The van der Waals surface area contributed by atoms with E-state index in [4.69, 9.17) is 16.9 Å². The van der Waals surface area contributed by atoms with Crippen LogP contribution in [0.25, 0.3) is 0 Å². The Bertz CT molecular complexity index is 369. The molecule has 14 heavy (non-hydrogen) atoms. The van der Waals surface area contributed by atoms with Gasteiger partial charge in [-0.1, -0.05) is 12.1 Å². The molecule has 1 atom stereocenters. The molecule has 0 aliphatic heterocycles. The molecule has 0 aromatic heterocycles. The molecule has 5 heteroatoms. The van der Waals surface area contributed by atoms with E-state index in [1.54, 1.807) is 12.1 Å². The summed E-state index contributed by atoms with van der Waals surface area (Å²) in [4.78, 5) is 9.85. The molecular weight excluding hydrogens is 204 g/mol. The quantitative estimate of drug-likeness (QED) is 0.437. The minimum atomic E-state index is -0.587. The average molecular weight is 211 g/mol. The summed E-state index contributed by atoms with van der Waals surface area (Å²) >= 11 is 5.61. The third kappa shape index (κ3) is 2.71. The lowest BCUT2D eigenvalue weighted by Gasteiger charge is -1.99. The first-order valence-corrected chi connectivity index (χ1v) is 4.34. The second-order valence-electron chi connectivity index (χ2n) is 2.72. The van der Waals surface area contributed by atoms with Crippen molar-refractivity contribution in [2.75, 3.05) is 0 Å². The van der Waals surface area contributed by atoms with Gasteiger partial charge >= 0.3 is 0 Å². The standard InChI is InChI=1S/C9H7ClN2O2/c10-8(6-11)5-7-1-3-9(4-2-7)12(13)14/h1-4,8H,5H2. The van der Waals surface area contributed by atoms with Gasteiger partial charge < -0.3 is 0 Å². The fraction of sp³-hybridized carbons (Fsp3) is 0.222. The molecule has 1 unspecified atom stereocenters. The lowest BCUT2D eigenvalue weighted by Crippen LogP contribution is -1.99. The lowest BCUT2D eigenvalue weighted by molar-refractivity contribution is -0.384. The van der Waals surface area contributed by atoms with Gasteiger partial charge in [-0.3, -0.25) is 10.1 Å². The van der Waals surface area contributed by atoms with Crippen molar-refractivity contribution in [2.45, 2.75) is 11.8 Å². The van der Waals surface area contributed by atoms with Crippen molar-refractivity contribution in [3.63, 3.8) is 0 Å². The van der Waals surface area contributed by atoms with Crippen LogP contribution in [-0.2, 0) is 6.42 Å². The first kappa shape index (κ1) is 10.5. The van der Waals surface area contributed by atoms with Crippen LogP contribution in [0.5, 0.6) is 0 Å². The second kappa shape index (κ2) is 4.58. The Morgan fingerprint density at radius 2 is 2.07 bits per heavy atom. The van der Waals surface area contributed by atoms with Crippen LogP contribution in [0.3, 0.4) is 0 Å². The summed E-state index contributed by atoms with van der Waals surface area (Å²) in [5, 5.41) is 18.2. The summed E-state index contributed by atoms with van der Waals surface area (Å²) < 4.78 is 0. The largest absolute Gasteiger partial charge is 0.269 e. The Hall–Kier alpha value is -1.60. The molecule has 0 heterocycles. The minimum absolute atomic E-state index is 0.0387. The predicted octanol–water partition coefficient (Wildman–Crippen LogP) is 2.27. The van der Waals surface area contributed by atoms with E-state index in [1.165, 1.54) is 12.1 Å². The van der Waals surface area contributed by atoms with Gasteiger partial charge in [0.2, 0.25) is 0 Å². The molecule has 1 rings (SSSR count). The summed E-state index contributed by atoms with van der Waals surface area (Å²) in [6.45, 7) is 0. The van der Waals surface area contributed by atoms with Gasteiger partial charge in [-0.2, -0.15) is 5.26 Å². The van der Waals surface area contributed by atoms with Crippen molar-refractivity contribution in [3.8, 4) is 6.07 Å². The number of non-ortho nitro benzene ring substituents is 1. The van der Waals surface area contributed by atoms with Crippen LogP contribution >= 0.6 is 11.6 Å². The number of nitrogens with zero attached hydrogens (tertiary/aromatic N) is 2. The van der Waals surface area contributed by atoms with E-state index in [2.05, 4.69) is 0 Å². The SMILES string of the molecule is N#CC(Cl)Cc1ccc([N+](=O)[O-])cc1. The highest BCUT2D eigenvalue weighted by Crippen LogP contribution is 2.14. The van der Waals surface area contributed by atoms with E-state index in [0.29, 0.717) is 6.42 Å². The van der Waals surface area contributed by atoms with Crippen molar-refractivity contribution in [1.82, 2.24) is 0 Å². The van der Waals surface area contributed by atoms with E-state index in [9.17, 15) is 10.1 Å². The van der Waals surface area contributed by atoms with E-state index in [0.717, 1.165) is 5.56 Å². The Kier molecular flexibility index (Phi) is 3.43. The number of nitriles is 1. The lowest BCUT2D eigenvalue weighted by atomic mass is 10.1. The van der Waals surface area contributed by atoms with E-state index in [1.807, 2.05) is 6.07 Å². The van der Waals surface area contributed by atoms with Gasteiger partial charge in [0.25, 0.3) is 5.69 Å². The number of rotatable bonds is 3. The van der Waals surface area contributed by atoms with Gasteiger partial charge in [0.15, 0.2) is 0 Å². The van der Waals surface area contributed by atoms with Crippen LogP contribution in [0, 0.1) is 21.4 Å². The summed E-state index contributed by atoms with van der Waals surface area (Å²) in [6.07, 6.45) is 0.399. The van der Waals surface area contributed by atoms with Crippen molar-refractivity contribution >= 4 is 17.3 Å². The number of nitro groups is 1. The first-order chi connectivity index (χ1) is 6.63. The number of nitro benzene ring substituents is 1. The zero-order valence-corrected chi connectivity index (χ0v) is 7.94. The Balaban J connectivity index is 2.75. The average Bonchev–Trinajstić information content (AvgIpc) is 2.18. The Morgan fingerprint density at radius 3 is 2.50 bits per heavy atom. The predicted molar refractivity (Wildman–Crippen MR) is 52.1 cm³/mol. The van der Waals surface area contributed by atoms with Crippen molar-refractivity contribution in [3.05, 3.63) is 39.9 Å². The van der Waals surface area contributed by atoms with Crippen LogP contribution in [0.4, 0.5) is 5.69 Å². The molecule has 0 bridgehead atoms. The van der Waals surface area contributed by atoms with Gasteiger partial charge in [-0.05, 0) is 5.56 Å². The van der Waals surface area contributed by atoms with Gasteiger partial charge in [-0.15, -0.1) is 11.6 Å². The molecule has 0 aliphatic rings. The first-order valence-electron chi connectivity index (χ1n) is 3.90. The molecule has 0 saturated heterocycles. The monoisotopic (exact) mass is 210 g/mol. The second-order valence-corrected chi connectivity index (χ2v) is 3.25. The summed E-state index contributed by atoms with van der Waals surface area (Å²) in [5.74, 6) is 0. The molecule has 0 aliphatic carbocycles. The van der Waals surface area contributed by atoms with Crippen molar-refractivity contribution in [1.29, 1.82) is 5.26 Å². The van der Waals surface area contributed by atoms with Gasteiger partial charge in [0.05, 0.1) is 11.0 Å². The topological polar surface area (TPSA) is 66.9 Å². The third-order valence-electron chi connectivity index (χ3n) is 1.70. The molecule has 0 radical (unpaired) electrons. The molecule has 0 amide bonds. The zero-order chi connectivity index (χ0) is 10.6. The van der Waals surface area contributed by atoms with E-state index >= 15 is 0 Å². The molecule has 4 nitrogen and oxygen atoms in total. The molecule has 1 aromatic carbocycles. The van der Waals surface area contributed by atoms with Crippen LogP contribution < -0.4 is 0 Å².